The van der Waals surface area contributed by atoms with Crippen molar-refractivity contribution in [2.24, 2.45) is 10.3 Å². The van der Waals surface area contributed by atoms with Crippen LogP contribution >= 0.6 is 0 Å². The lowest BCUT2D eigenvalue weighted by Gasteiger charge is -2.05. The minimum absolute atomic E-state index is 0.294. The summed E-state index contributed by atoms with van der Waals surface area (Å²) in [6.45, 7) is 0. The molecule has 0 aliphatic carbocycles. The molecule has 1 N–H and O–H groups in total. The van der Waals surface area contributed by atoms with E-state index in [9.17, 15) is 9.59 Å². The van der Waals surface area contributed by atoms with Gasteiger partial charge in [0.1, 0.15) is 0 Å². The maximum atomic E-state index is 11.7. The Morgan fingerprint density at radius 2 is 1.59 bits per heavy atom. The molecule has 1 aromatic carbocycles. The lowest BCUT2D eigenvalue weighted by Crippen LogP contribution is -2.10. The van der Waals surface area contributed by atoms with Crippen molar-refractivity contribution >= 4 is 17.6 Å². The molecule has 1 heterocycles. The SMILES string of the molecule is O=C1/C=C\C=C/N=NNOc2ccccc2/C=C\C(=O)/C=C\1. The van der Waals surface area contributed by atoms with E-state index in [1.54, 1.807) is 24.3 Å². The number of ketones is 2. The number of hydrogen-bond donors (Lipinski definition) is 1. The van der Waals surface area contributed by atoms with Crippen molar-refractivity contribution in [1.29, 1.82) is 0 Å². The van der Waals surface area contributed by atoms with Crippen molar-refractivity contribution in [3.8, 4) is 5.75 Å². The number of carbonyl (C=O) groups excluding carboxylic acids is 2. The zero-order valence-corrected chi connectivity index (χ0v) is 11.5. The van der Waals surface area contributed by atoms with E-state index in [2.05, 4.69) is 15.9 Å². The van der Waals surface area contributed by atoms with Crippen molar-refractivity contribution in [3.05, 3.63) is 72.5 Å². The molecule has 0 bridgehead atoms. The molecule has 6 heteroatoms. The van der Waals surface area contributed by atoms with E-state index in [0.29, 0.717) is 11.3 Å². The number of nitrogens with one attached hydrogen (secondary N) is 1. The summed E-state index contributed by atoms with van der Waals surface area (Å²) in [7, 11) is 0. The minimum atomic E-state index is -0.299. The third-order valence-corrected chi connectivity index (χ3v) is 2.54. The normalized spacial score (nSPS) is 21.1. The Hall–Kier alpha value is -3.28. The van der Waals surface area contributed by atoms with Gasteiger partial charge in [-0.15, -0.1) is 10.7 Å². The Morgan fingerprint density at radius 3 is 2.45 bits per heavy atom. The highest BCUT2D eigenvalue weighted by Crippen LogP contribution is 2.18. The maximum Gasteiger partial charge on any atom is 0.178 e. The van der Waals surface area contributed by atoms with Crippen molar-refractivity contribution in [2.75, 3.05) is 0 Å². The van der Waals surface area contributed by atoms with Gasteiger partial charge in [0.25, 0.3) is 0 Å². The number of para-hydroxylation sites is 1. The first-order valence-corrected chi connectivity index (χ1v) is 6.44. The fourth-order valence-corrected chi connectivity index (χ4v) is 1.52. The van der Waals surface area contributed by atoms with Crippen LogP contribution in [0.4, 0.5) is 0 Å². The predicted molar refractivity (Wildman–Crippen MR) is 81.5 cm³/mol. The number of allylic oxidation sites excluding steroid dienone is 6. The van der Waals surface area contributed by atoms with Crippen molar-refractivity contribution < 1.29 is 14.4 Å². The average molecular weight is 295 g/mol. The van der Waals surface area contributed by atoms with Crippen LogP contribution in [0.5, 0.6) is 5.75 Å². The van der Waals surface area contributed by atoms with Crippen LogP contribution in [0.25, 0.3) is 6.08 Å². The molecule has 0 amide bonds. The van der Waals surface area contributed by atoms with E-state index >= 15 is 0 Å². The molecule has 1 aliphatic heterocycles. The van der Waals surface area contributed by atoms with Gasteiger partial charge < -0.3 is 4.84 Å². The number of hydrogen-bond acceptors (Lipinski definition) is 6. The first-order valence-electron chi connectivity index (χ1n) is 6.44. The van der Waals surface area contributed by atoms with Gasteiger partial charge in [0, 0.05) is 5.56 Å². The smallest absolute Gasteiger partial charge is 0.178 e. The molecule has 1 aromatic rings. The highest BCUT2D eigenvalue weighted by atomic mass is 16.7. The Kier molecular flexibility index (Phi) is 5.57. The molecule has 0 spiro atoms. The van der Waals surface area contributed by atoms with E-state index in [1.807, 2.05) is 6.07 Å². The molecule has 0 fully saturated rings. The minimum Gasteiger partial charge on any atom is -0.363 e. The van der Waals surface area contributed by atoms with Crippen LogP contribution in [0, 0.1) is 0 Å². The third kappa shape index (κ3) is 5.01. The van der Waals surface area contributed by atoms with Gasteiger partial charge in [-0.1, -0.05) is 24.3 Å². The number of benzene rings is 1. The fraction of sp³-hybridized carbons (Fsp3) is 0. The summed E-state index contributed by atoms with van der Waals surface area (Å²) >= 11 is 0. The van der Waals surface area contributed by atoms with Gasteiger partial charge in [-0.05, 0) is 47.7 Å². The van der Waals surface area contributed by atoms with Gasteiger partial charge in [-0.2, -0.15) is 0 Å². The summed E-state index contributed by atoms with van der Waals surface area (Å²) in [5, 5.41) is 7.24. The van der Waals surface area contributed by atoms with Gasteiger partial charge in [-0.25, -0.2) is 0 Å². The summed E-state index contributed by atoms with van der Waals surface area (Å²) in [6.07, 6.45) is 11.1. The summed E-state index contributed by atoms with van der Waals surface area (Å²) in [5.74, 6) is -0.106. The van der Waals surface area contributed by atoms with E-state index < -0.39 is 0 Å². The highest BCUT2D eigenvalue weighted by molar-refractivity contribution is 6.08. The third-order valence-electron chi connectivity index (χ3n) is 2.54. The molecule has 2 rings (SSSR count). The zero-order valence-electron chi connectivity index (χ0n) is 11.5. The summed E-state index contributed by atoms with van der Waals surface area (Å²) in [5.41, 5.74) is 3.01. The largest absolute Gasteiger partial charge is 0.363 e. The van der Waals surface area contributed by atoms with Crippen LogP contribution in [-0.4, -0.2) is 11.6 Å². The number of fused-ring (bicyclic) bond motifs is 1. The van der Waals surface area contributed by atoms with Crippen LogP contribution < -0.4 is 10.4 Å². The quantitative estimate of drug-likeness (QED) is 0.798. The Labute approximate surface area is 127 Å². The molecular formula is C16H13N3O3. The molecule has 0 aromatic heterocycles. The molecule has 1 aliphatic rings. The van der Waals surface area contributed by atoms with E-state index in [4.69, 9.17) is 4.84 Å². The summed E-state index contributed by atoms with van der Waals surface area (Å²) in [6, 6.07) is 7.09. The summed E-state index contributed by atoms with van der Waals surface area (Å²) < 4.78 is 0. The molecule has 0 saturated carbocycles. The van der Waals surface area contributed by atoms with Crippen LogP contribution in [0.3, 0.4) is 0 Å². The molecule has 0 saturated heterocycles. The van der Waals surface area contributed by atoms with Crippen molar-refractivity contribution in [2.45, 2.75) is 0 Å². The van der Waals surface area contributed by atoms with Crippen LogP contribution in [0.15, 0.2) is 77.3 Å². The highest BCUT2D eigenvalue weighted by Gasteiger charge is 2.00. The fourth-order valence-electron chi connectivity index (χ4n) is 1.52. The Morgan fingerprint density at radius 1 is 0.864 bits per heavy atom. The number of rotatable bonds is 0. The average Bonchev–Trinajstić information content (AvgIpc) is 2.53. The second-order valence-electron chi connectivity index (χ2n) is 4.12. The maximum absolute atomic E-state index is 11.7. The number of nitrogens with zero attached hydrogens (tertiary/aromatic N) is 2. The first kappa shape index (κ1) is 15.1. The topological polar surface area (TPSA) is 80.1 Å². The number of carbonyl (C=O) groups is 2. The molecule has 6 nitrogen and oxygen atoms in total. The van der Waals surface area contributed by atoms with Gasteiger partial charge in [-0.3, -0.25) is 9.59 Å². The van der Waals surface area contributed by atoms with Crippen molar-refractivity contribution in [1.82, 2.24) is 5.59 Å². The molecule has 0 radical (unpaired) electrons. The lowest BCUT2D eigenvalue weighted by atomic mass is 10.1. The Bertz CT molecular complexity index is 700. The van der Waals surface area contributed by atoms with E-state index in [0.717, 1.165) is 0 Å². The standard InChI is InChI=1S/C16H13N3O3/c20-14-6-3-4-12-17-18-19-22-16-7-2-1-5-13(16)8-9-15(21)11-10-14/h1-12H,(H,17,19)/b6-3-,9-8-,11-10-,12-4-. The van der Waals surface area contributed by atoms with Gasteiger partial charge in [0.05, 0.1) is 6.20 Å². The van der Waals surface area contributed by atoms with Crippen LogP contribution in [0.2, 0.25) is 0 Å². The molecular weight excluding hydrogens is 282 g/mol. The van der Waals surface area contributed by atoms with E-state index in [-0.39, 0.29) is 11.6 Å². The van der Waals surface area contributed by atoms with Gasteiger partial charge in [0.15, 0.2) is 17.3 Å². The van der Waals surface area contributed by atoms with Gasteiger partial charge >= 0.3 is 0 Å². The molecule has 0 atom stereocenters. The zero-order chi connectivity index (χ0) is 15.6. The first-order chi connectivity index (χ1) is 10.8. The molecule has 0 unspecified atom stereocenters. The van der Waals surface area contributed by atoms with E-state index in [1.165, 1.54) is 42.7 Å². The molecule has 22 heavy (non-hydrogen) atoms. The second kappa shape index (κ2) is 8.11. The van der Waals surface area contributed by atoms with Crippen LogP contribution in [0.1, 0.15) is 5.56 Å². The monoisotopic (exact) mass is 295 g/mol. The van der Waals surface area contributed by atoms with Crippen LogP contribution in [-0.2, 0) is 9.59 Å². The Balaban J connectivity index is 2.26. The predicted octanol–water partition coefficient (Wildman–Crippen LogP) is 2.73. The molecule has 110 valence electrons. The van der Waals surface area contributed by atoms with Gasteiger partial charge in [0.2, 0.25) is 0 Å². The second-order valence-corrected chi connectivity index (χ2v) is 4.12. The lowest BCUT2D eigenvalue weighted by molar-refractivity contribution is -0.112. The summed E-state index contributed by atoms with van der Waals surface area (Å²) in [4.78, 5) is 28.4. The van der Waals surface area contributed by atoms with Crippen molar-refractivity contribution in [3.63, 3.8) is 0 Å².